The molecule has 0 aromatic carbocycles. The van der Waals surface area contributed by atoms with Gasteiger partial charge in [-0.25, -0.2) is 0 Å². The van der Waals surface area contributed by atoms with Gasteiger partial charge >= 0.3 is 0 Å². The molecular weight excluding hydrogens is 198 g/mol. The van der Waals surface area contributed by atoms with Crippen LogP contribution >= 0.6 is 46.1 Å². The first kappa shape index (κ1) is 7.67. The third kappa shape index (κ3) is 2.01. The van der Waals surface area contributed by atoms with Crippen LogP contribution in [0.2, 0.25) is 4.34 Å². The zero-order chi connectivity index (χ0) is 6.85. The summed E-state index contributed by atoms with van der Waals surface area (Å²) in [5.74, 6) is 0. The third-order valence-corrected chi connectivity index (χ3v) is 2.45. The molecule has 1 aromatic heterocycles. The Balaban J connectivity index is 2.85. The first-order chi connectivity index (χ1) is 4.20. The van der Waals surface area contributed by atoms with Gasteiger partial charge in [0.15, 0.2) is 0 Å². The standard InChI is InChI=1S/C5H3Cl3S/c6-4-1-3(2-9-4)5(7)8/h1-2,5H. The Morgan fingerprint density at radius 1 is 1.44 bits per heavy atom. The van der Waals surface area contributed by atoms with E-state index in [9.17, 15) is 0 Å². The van der Waals surface area contributed by atoms with Gasteiger partial charge in [-0.3, -0.25) is 0 Å². The van der Waals surface area contributed by atoms with Gasteiger partial charge in [-0.2, -0.15) is 0 Å². The van der Waals surface area contributed by atoms with Crippen LogP contribution in [0.15, 0.2) is 11.4 Å². The molecule has 4 heteroatoms. The lowest BCUT2D eigenvalue weighted by atomic mass is 10.4. The maximum Gasteiger partial charge on any atom is 0.133 e. The Hall–Kier alpha value is 0.570. The maximum atomic E-state index is 5.61. The first-order valence-corrected chi connectivity index (χ1v) is 4.35. The van der Waals surface area contributed by atoms with E-state index in [-0.39, 0.29) is 0 Å². The highest BCUT2D eigenvalue weighted by Crippen LogP contribution is 2.30. The molecule has 0 spiro atoms. The first-order valence-electron chi connectivity index (χ1n) is 2.22. The van der Waals surface area contributed by atoms with E-state index in [1.165, 1.54) is 11.3 Å². The molecule has 0 aliphatic carbocycles. The predicted molar refractivity (Wildman–Crippen MR) is 43.8 cm³/mol. The van der Waals surface area contributed by atoms with Gasteiger partial charge in [0.25, 0.3) is 0 Å². The van der Waals surface area contributed by atoms with Crippen molar-refractivity contribution in [3.8, 4) is 0 Å². The second-order valence-electron chi connectivity index (χ2n) is 1.48. The lowest BCUT2D eigenvalue weighted by Gasteiger charge is -1.90. The van der Waals surface area contributed by atoms with E-state index < -0.39 is 4.84 Å². The summed E-state index contributed by atoms with van der Waals surface area (Å²) in [6, 6.07) is 1.76. The molecule has 0 nitrogen and oxygen atoms in total. The van der Waals surface area contributed by atoms with Gasteiger partial charge in [-0.05, 0) is 17.0 Å². The van der Waals surface area contributed by atoms with Gasteiger partial charge in [-0.15, -0.1) is 34.5 Å². The summed E-state index contributed by atoms with van der Waals surface area (Å²) in [5.41, 5.74) is 0.869. The number of thiophene rings is 1. The van der Waals surface area contributed by atoms with Gasteiger partial charge in [0.2, 0.25) is 0 Å². The zero-order valence-electron chi connectivity index (χ0n) is 4.27. The molecule has 1 heterocycles. The van der Waals surface area contributed by atoms with Crippen LogP contribution in [0, 0.1) is 0 Å². The molecule has 0 saturated carbocycles. The molecule has 0 N–H and O–H groups in total. The van der Waals surface area contributed by atoms with Crippen molar-refractivity contribution in [2.45, 2.75) is 4.84 Å². The molecule has 0 fully saturated rings. The minimum atomic E-state index is -0.450. The van der Waals surface area contributed by atoms with Gasteiger partial charge in [0.1, 0.15) is 4.84 Å². The highest BCUT2D eigenvalue weighted by molar-refractivity contribution is 7.14. The number of hydrogen-bond acceptors (Lipinski definition) is 1. The van der Waals surface area contributed by atoms with Crippen molar-refractivity contribution in [3.63, 3.8) is 0 Å². The fraction of sp³-hybridized carbons (Fsp3) is 0.200. The molecule has 0 atom stereocenters. The molecule has 1 aromatic rings. The van der Waals surface area contributed by atoms with Crippen molar-refractivity contribution >= 4 is 46.1 Å². The Morgan fingerprint density at radius 3 is 2.33 bits per heavy atom. The number of halogens is 3. The average Bonchev–Trinajstić information content (AvgIpc) is 2.14. The fourth-order valence-electron chi connectivity index (χ4n) is 0.438. The van der Waals surface area contributed by atoms with Crippen LogP contribution in [0.1, 0.15) is 10.4 Å². The van der Waals surface area contributed by atoms with E-state index in [0.717, 1.165) is 9.90 Å². The van der Waals surface area contributed by atoms with E-state index >= 15 is 0 Å². The van der Waals surface area contributed by atoms with E-state index in [0.29, 0.717) is 0 Å². The highest BCUT2D eigenvalue weighted by atomic mass is 35.5. The number of alkyl halides is 2. The van der Waals surface area contributed by atoms with Gasteiger partial charge in [-0.1, -0.05) is 11.6 Å². The van der Waals surface area contributed by atoms with E-state index in [2.05, 4.69) is 0 Å². The van der Waals surface area contributed by atoms with Crippen LogP contribution in [-0.2, 0) is 0 Å². The van der Waals surface area contributed by atoms with Crippen molar-refractivity contribution in [3.05, 3.63) is 21.3 Å². The van der Waals surface area contributed by atoms with Gasteiger partial charge < -0.3 is 0 Å². The van der Waals surface area contributed by atoms with Crippen LogP contribution in [-0.4, -0.2) is 0 Å². The molecule has 1 rings (SSSR count). The maximum absolute atomic E-state index is 5.61. The lowest BCUT2D eigenvalue weighted by Crippen LogP contribution is -1.71. The van der Waals surface area contributed by atoms with E-state index in [1.807, 2.05) is 5.38 Å². The topological polar surface area (TPSA) is 0 Å². The molecule has 0 bridgehead atoms. The van der Waals surface area contributed by atoms with Crippen LogP contribution in [0.4, 0.5) is 0 Å². The summed E-state index contributed by atoms with van der Waals surface area (Å²) < 4.78 is 0.719. The average molecular weight is 202 g/mol. The van der Waals surface area contributed by atoms with Crippen molar-refractivity contribution < 1.29 is 0 Å². The summed E-state index contributed by atoms with van der Waals surface area (Å²) in [6.07, 6.45) is 0. The van der Waals surface area contributed by atoms with Crippen molar-refractivity contribution in [2.75, 3.05) is 0 Å². The van der Waals surface area contributed by atoms with Gasteiger partial charge in [0, 0.05) is 0 Å². The molecule has 0 aliphatic rings. The van der Waals surface area contributed by atoms with E-state index in [1.54, 1.807) is 6.07 Å². The monoisotopic (exact) mass is 200 g/mol. The summed E-state index contributed by atoms with van der Waals surface area (Å²) in [4.78, 5) is -0.450. The minimum absolute atomic E-state index is 0.450. The fourth-order valence-corrected chi connectivity index (χ4v) is 1.76. The molecule has 0 unspecified atom stereocenters. The summed E-state index contributed by atoms with van der Waals surface area (Å²) in [7, 11) is 0. The molecule has 50 valence electrons. The molecular formula is C5H3Cl3S. The summed E-state index contributed by atoms with van der Waals surface area (Å²) in [5, 5.41) is 1.84. The van der Waals surface area contributed by atoms with E-state index in [4.69, 9.17) is 34.8 Å². The molecule has 9 heavy (non-hydrogen) atoms. The number of hydrogen-bond donors (Lipinski definition) is 0. The molecule has 0 saturated heterocycles. The Bertz CT molecular complexity index is 194. The smallest absolute Gasteiger partial charge is 0.132 e. The van der Waals surface area contributed by atoms with Crippen LogP contribution < -0.4 is 0 Å². The van der Waals surface area contributed by atoms with Crippen LogP contribution in [0.3, 0.4) is 0 Å². The second-order valence-corrected chi connectivity index (χ2v) is 4.12. The lowest BCUT2D eigenvalue weighted by molar-refractivity contribution is 1.40. The number of rotatable bonds is 1. The third-order valence-electron chi connectivity index (χ3n) is 0.840. The van der Waals surface area contributed by atoms with Crippen molar-refractivity contribution in [2.24, 2.45) is 0 Å². The largest absolute Gasteiger partial charge is 0.133 e. The SMILES string of the molecule is Clc1cc(C(Cl)Cl)cs1. The summed E-state index contributed by atoms with van der Waals surface area (Å²) in [6.45, 7) is 0. The van der Waals surface area contributed by atoms with Crippen molar-refractivity contribution in [1.29, 1.82) is 0 Å². The Morgan fingerprint density at radius 2 is 2.11 bits per heavy atom. The van der Waals surface area contributed by atoms with Crippen LogP contribution in [0.5, 0.6) is 0 Å². The molecule has 0 radical (unpaired) electrons. The molecule has 0 aliphatic heterocycles. The second kappa shape index (κ2) is 3.11. The highest BCUT2D eigenvalue weighted by Gasteiger charge is 2.04. The normalized spacial score (nSPS) is 10.7. The zero-order valence-corrected chi connectivity index (χ0v) is 7.36. The van der Waals surface area contributed by atoms with Crippen molar-refractivity contribution in [1.82, 2.24) is 0 Å². The Labute approximate surface area is 72.3 Å². The Kier molecular flexibility index (Phi) is 2.65. The van der Waals surface area contributed by atoms with Crippen LogP contribution in [0.25, 0.3) is 0 Å². The molecule has 0 amide bonds. The quantitative estimate of drug-likeness (QED) is 0.605. The van der Waals surface area contributed by atoms with Gasteiger partial charge in [0.05, 0.1) is 4.34 Å². The minimum Gasteiger partial charge on any atom is -0.132 e. The summed E-state index contributed by atoms with van der Waals surface area (Å²) >= 11 is 18.1. The predicted octanol–water partition coefficient (Wildman–Crippen LogP) is 3.88.